The lowest BCUT2D eigenvalue weighted by Crippen LogP contribution is -2.15. The lowest BCUT2D eigenvalue weighted by atomic mass is 10.3. The van der Waals surface area contributed by atoms with Gasteiger partial charge in [-0.05, 0) is 42.7 Å². The number of rotatable bonds is 4. The average Bonchev–Trinajstić information content (AvgIpc) is 2.70. The van der Waals surface area contributed by atoms with Crippen LogP contribution in [0, 0.1) is 0 Å². The standard InChI is InChI=1S/C17H18N2O3S3/c1-11-8-17(20)18-15-10-14(6-7-16(15)24-11)25(21,22)19-12-4-3-5-13(9-12)23-2/h3-7,9-11,19H,8H2,1-2H3,(H,18,20)/t11-/m0/s1. The van der Waals surface area contributed by atoms with Gasteiger partial charge in [-0.1, -0.05) is 13.0 Å². The van der Waals surface area contributed by atoms with E-state index in [0.717, 1.165) is 9.79 Å². The minimum atomic E-state index is -3.73. The molecule has 1 atom stereocenters. The molecule has 5 nitrogen and oxygen atoms in total. The maximum absolute atomic E-state index is 12.7. The van der Waals surface area contributed by atoms with E-state index in [2.05, 4.69) is 10.0 Å². The third-order valence-electron chi connectivity index (χ3n) is 3.66. The van der Waals surface area contributed by atoms with Crippen LogP contribution in [0.4, 0.5) is 11.4 Å². The molecule has 2 N–H and O–H groups in total. The SMILES string of the molecule is CSc1cccc(NS(=O)(=O)c2ccc3c(c2)NC(=O)C[C@H](C)S3)c1. The fourth-order valence-corrected chi connectivity index (χ4v) is 5.08. The molecular weight excluding hydrogens is 376 g/mol. The van der Waals surface area contributed by atoms with E-state index in [1.807, 2.05) is 19.2 Å². The van der Waals surface area contributed by atoms with Gasteiger partial charge in [0.25, 0.3) is 10.0 Å². The lowest BCUT2D eigenvalue weighted by molar-refractivity contribution is -0.116. The number of thioether (sulfide) groups is 2. The summed E-state index contributed by atoms with van der Waals surface area (Å²) in [5.74, 6) is -0.103. The summed E-state index contributed by atoms with van der Waals surface area (Å²) in [7, 11) is -3.73. The average molecular weight is 395 g/mol. The maximum atomic E-state index is 12.7. The van der Waals surface area contributed by atoms with Crippen molar-refractivity contribution in [3.63, 3.8) is 0 Å². The Kier molecular flexibility index (Phi) is 5.31. The van der Waals surface area contributed by atoms with E-state index in [0.29, 0.717) is 17.8 Å². The summed E-state index contributed by atoms with van der Waals surface area (Å²) in [6, 6.07) is 12.0. The van der Waals surface area contributed by atoms with Crippen molar-refractivity contribution in [2.45, 2.75) is 33.3 Å². The highest BCUT2D eigenvalue weighted by Crippen LogP contribution is 2.36. The van der Waals surface area contributed by atoms with Crippen molar-refractivity contribution in [1.29, 1.82) is 0 Å². The molecule has 0 spiro atoms. The molecule has 2 aromatic carbocycles. The monoisotopic (exact) mass is 394 g/mol. The fraction of sp³-hybridized carbons (Fsp3) is 0.235. The van der Waals surface area contributed by atoms with Crippen molar-refractivity contribution >= 4 is 50.8 Å². The molecule has 132 valence electrons. The number of hydrogen-bond acceptors (Lipinski definition) is 5. The van der Waals surface area contributed by atoms with Crippen LogP contribution < -0.4 is 10.0 Å². The molecule has 0 saturated heterocycles. The van der Waals surface area contributed by atoms with E-state index in [1.165, 1.54) is 6.07 Å². The summed E-state index contributed by atoms with van der Waals surface area (Å²) in [4.78, 5) is 13.9. The second-order valence-electron chi connectivity index (χ2n) is 5.68. The number of carbonyl (C=O) groups excluding carboxylic acids is 1. The van der Waals surface area contributed by atoms with Crippen LogP contribution in [0.25, 0.3) is 0 Å². The Morgan fingerprint density at radius 1 is 1.24 bits per heavy atom. The van der Waals surface area contributed by atoms with Crippen molar-refractivity contribution < 1.29 is 13.2 Å². The van der Waals surface area contributed by atoms with Gasteiger partial charge in [-0.25, -0.2) is 8.42 Å². The molecule has 2 aromatic rings. The first-order valence-electron chi connectivity index (χ1n) is 7.65. The molecule has 1 amide bonds. The van der Waals surface area contributed by atoms with Gasteiger partial charge in [-0.3, -0.25) is 9.52 Å². The molecule has 0 radical (unpaired) electrons. The van der Waals surface area contributed by atoms with Gasteiger partial charge in [0.05, 0.1) is 10.6 Å². The Labute approximate surface area is 156 Å². The number of anilines is 2. The highest BCUT2D eigenvalue weighted by atomic mass is 32.2. The lowest BCUT2D eigenvalue weighted by Gasteiger charge is -2.12. The number of hydrogen-bond donors (Lipinski definition) is 2. The minimum absolute atomic E-state index is 0.103. The quantitative estimate of drug-likeness (QED) is 0.766. The molecule has 0 saturated carbocycles. The van der Waals surface area contributed by atoms with Crippen LogP contribution >= 0.6 is 23.5 Å². The van der Waals surface area contributed by atoms with Crippen LogP contribution in [0.15, 0.2) is 57.2 Å². The first kappa shape index (κ1) is 18.2. The predicted molar refractivity (Wildman–Crippen MR) is 104 cm³/mol. The van der Waals surface area contributed by atoms with Crippen molar-refractivity contribution in [3.8, 4) is 0 Å². The predicted octanol–water partition coefficient (Wildman–Crippen LogP) is 4.03. The van der Waals surface area contributed by atoms with Gasteiger partial charge in [0, 0.05) is 27.1 Å². The number of carbonyl (C=O) groups is 1. The van der Waals surface area contributed by atoms with Crippen LogP contribution in [-0.2, 0) is 14.8 Å². The Balaban J connectivity index is 1.91. The van der Waals surface area contributed by atoms with E-state index in [1.54, 1.807) is 53.9 Å². The van der Waals surface area contributed by atoms with E-state index < -0.39 is 10.0 Å². The molecular formula is C17H18N2O3S3. The molecule has 25 heavy (non-hydrogen) atoms. The van der Waals surface area contributed by atoms with Crippen molar-refractivity contribution in [2.75, 3.05) is 16.3 Å². The largest absolute Gasteiger partial charge is 0.325 e. The Morgan fingerprint density at radius 2 is 2.04 bits per heavy atom. The fourth-order valence-electron chi connectivity index (χ4n) is 2.50. The molecule has 0 fully saturated rings. The highest BCUT2D eigenvalue weighted by Gasteiger charge is 2.22. The summed E-state index contributed by atoms with van der Waals surface area (Å²) in [5.41, 5.74) is 1.05. The smallest absolute Gasteiger partial charge is 0.261 e. The summed E-state index contributed by atoms with van der Waals surface area (Å²) < 4.78 is 28.0. The van der Waals surface area contributed by atoms with Gasteiger partial charge < -0.3 is 5.32 Å². The summed E-state index contributed by atoms with van der Waals surface area (Å²) >= 11 is 3.10. The van der Waals surface area contributed by atoms with E-state index >= 15 is 0 Å². The van der Waals surface area contributed by atoms with Crippen LogP contribution in [0.1, 0.15) is 13.3 Å². The molecule has 8 heteroatoms. The van der Waals surface area contributed by atoms with Gasteiger partial charge >= 0.3 is 0 Å². The highest BCUT2D eigenvalue weighted by molar-refractivity contribution is 8.00. The first-order chi connectivity index (χ1) is 11.9. The van der Waals surface area contributed by atoms with Crippen molar-refractivity contribution in [3.05, 3.63) is 42.5 Å². The van der Waals surface area contributed by atoms with Gasteiger partial charge in [-0.2, -0.15) is 0 Å². The normalized spacial score (nSPS) is 17.4. The number of nitrogens with one attached hydrogen (secondary N) is 2. The van der Waals surface area contributed by atoms with Gasteiger partial charge in [0.1, 0.15) is 0 Å². The number of fused-ring (bicyclic) bond motifs is 1. The number of benzene rings is 2. The van der Waals surface area contributed by atoms with E-state index in [-0.39, 0.29) is 16.1 Å². The summed E-state index contributed by atoms with van der Waals surface area (Å²) in [6.07, 6.45) is 2.34. The molecule has 1 heterocycles. The Morgan fingerprint density at radius 3 is 2.80 bits per heavy atom. The molecule has 0 bridgehead atoms. The first-order valence-corrected chi connectivity index (χ1v) is 11.2. The topological polar surface area (TPSA) is 75.3 Å². The number of sulfonamides is 1. The zero-order valence-electron chi connectivity index (χ0n) is 13.8. The van der Waals surface area contributed by atoms with Crippen molar-refractivity contribution in [2.24, 2.45) is 0 Å². The van der Waals surface area contributed by atoms with Crippen LogP contribution in [0.5, 0.6) is 0 Å². The zero-order valence-corrected chi connectivity index (χ0v) is 16.2. The molecule has 1 aliphatic heterocycles. The summed E-state index contributed by atoms with van der Waals surface area (Å²) in [5, 5.41) is 2.94. The maximum Gasteiger partial charge on any atom is 0.261 e. The van der Waals surface area contributed by atoms with Crippen LogP contribution in [0.2, 0.25) is 0 Å². The van der Waals surface area contributed by atoms with Crippen molar-refractivity contribution in [1.82, 2.24) is 0 Å². The van der Waals surface area contributed by atoms with Gasteiger partial charge in [-0.15, -0.1) is 23.5 Å². The molecule has 1 aliphatic rings. The molecule has 3 rings (SSSR count). The molecule has 0 unspecified atom stereocenters. The van der Waals surface area contributed by atoms with Gasteiger partial charge in [0.15, 0.2) is 0 Å². The van der Waals surface area contributed by atoms with Gasteiger partial charge in [0.2, 0.25) is 5.91 Å². The third kappa shape index (κ3) is 4.31. The number of amides is 1. The molecule has 0 aliphatic carbocycles. The summed E-state index contributed by atoms with van der Waals surface area (Å²) in [6.45, 7) is 1.98. The second-order valence-corrected chi connectivity index (χ2v) is 9.72. The van der Waals surface area contributed by atoms with Crippen LogP contribution in [0.3, 0.4) is 0 Å². The van der Waals surface area contributed by atoms with E-state index in [9.17, 15) is 13.2 Å². The second kappa shape index (κ2) is 7.31. The van der Waals surface area contributed by atoms with Crippen LogP contribution in [-0.4, -0.2) is 25.8 Å². The Bertz CT molecular complexity index is 913. The Hall–Kier alpha value is -1.64. The molecule has 0 aromatic heterocycles. The third-order valence-corrected chi connectivity index (χ3v) is 6.94. The minimum Gasteiger partial charge on any atom is -0.325 e. The van der Waals surface area contributed by atoms with E-state index in [4.69, 9.17) is 0 Å². The zero-order chi connectivity index (χ0) is 18.0.